The van der Waals surface area contributed by atoms with Gasteiger partial charge in [0.2, 0.25) is 5.91 Å². The number of amides is 1. The molecule has 0 spiro atoms. The Kier molecular flexibility index (Phi) is 8.97. The molecule has 1 amide bonds. The molecule has 2 N–H and O–H groups in total. The van der Waals surface area contributed by atoms with Crippen molar-refractivity contribution in [1.82, 2.24) is 9.80 Å². The van der Waals surface area contributed by atoms with E-state index >= 15 is 0 Å². The molecule has 2 atom stereocenters. The minimum absolute atomic E-state index is 0. The molecule has 3 fully saturated rings. The number of nitrogens with two attached hydrogens (primary N) is 1. The van der Waals surface area contributed by atoms with Gasteiger partial charge in [-0.2, -0.15) is 13.2 Å². The normalized spacial score (nSPS) is 32.8. The zero-order valence-electron chi connectivity index (χ0n) is 14.9. The first-order valence-electron chi connectivity index (χ1n) is 9.17. The standard InChI is InChI=1S/C17H28F3N3O.2ClH/c18-17(19,20)11-22-5-2-6-23(8-7-22)16(24)14-9-12-3-1-4-13(10-14)15(12)21;;/h12-15H,1-11,21H2;2*1H. The molecule has 2 bridgehead atoms. The Balaban J connectivity index is 0.00000169. The second kappa shape index (κ2) is 9.80. The first-order chi connectivity index (χ1) is 11.3. The summed E-state index contributed by atoms with van der Waals surface area (Å²) in [7, 11) is 0. The van der Waals surface area contributed by atoms with Gasteiger partial charge in [-0.15, -0.1) is 24.8 Å². The number of rotatable bonds is 2. The molecule has 0 aromatic carbocycles. The van der Waals surface area contributed by atoms with Gasteiger partial charge in [-0.1, -0.05) is 6.42 Å². The van der Waals surface area contributed by atoms with E-state index in [9.17, 15) is 18.0 Å². The van der Waals surface area contributed by atoms with Crippen molar-refractivity contribution in [3.05, 3.63) is 0 Å². The van der Waals surface area contributed by atoms with Gasteiger partial charge in [0.1, 0.15) is 0 Å². The average Bonchev–Trinajstić information content (AvgIpc) is 2.70. The minimum Gasteiger partial charge on any atom is -0.341 e. The summed E-state index contributed by atoms with van der Waals surface area (Å²) in [5.74, 6) is 1.06. The van der Waals surface area contributed by atoms with E-state index in [0.29, 0.717) is 44.4 Å². The molecule has 0 aromatic rings. The van der Waals surface area contributed by atoms with Gasteiger partial charge in [-0.05, 0) is 43.9 Å². The van der Waals surface area contributed by atoms with Crippen molar-refractivity contribution in [3.63, 3.8) is 0 Å². The quantitative estimate of drug-likeness (QED) is 0.747. The molecule has 154 valence electrons. The summed E-state index contributed by atoms with van der Waals surface area (Å²) in [6, 6.07) is 0.231. The summed E-state index contributed by atoms with van der Waals surface area (Å²) in [5.41, 5.74) is 6.29. The van der Waals surface area contributed by atoms with Gasteiger partial charge in [0.15, 0.2) is 0 Å². The van der Waals surface area contributed by atoms with E-state index in [0.717, 1.165) is 25.7 Å². The summed E-state index contributed by atoms with van der Waals surface area (Å²) in [4.78, 5) is 16.1. The fourth-order valence-electron chi connectivity index (χ4n) is 4.85. The number of fused-ring (bicyclic) bond motifs is 2. The third-order valence-corrected chi connectivity index (χ3v) is 6.07. The fraction of sp³-hybridized carbons (Fsp3) is 0.941. The Labute approximate surface area is 165 Å². The summed E-state index contributed by atoms with van der Waals surface area (Å²) < 4.78 is 37.7. The molecule has 3 aliphatic rings. The summed E-state index contributed by atoms with van der Waals surface area (Å²) in [6.45, 7) is 0.823. The Morgan fingerprint density at radius 3 is 2.15 bits per heavy atom. The van der Waals surface area contributed by atoms with Crippen molar-refractivity contribution in [1.29, 1.82) is 0 Å². The molecule has 1 heterocycles. The highest BCUT2D eigenvalue weighted by molar-refractivity contribution is 5.85. The number of hydrogen-bond donors (Lipinski definition) is 1. The molecule has 2 unspecified atom stereocenters. The first-order valence-corrected chi connectivity index (χ1v) is 9.17. The van der Waals surface area contributed by atoms with Crippen molar-refractivity contribution >= 4 is 30.7 Å². The first kappa shape index (κ1) is 23.8. The number of carbonyl (C=O) groups excluding carboxylic acids is 1. The van der Waals surface area contributed by atoms with Gasteiger partial charge in [0, 0.05) is 38.1 Å². The monoisotopic (exact) mass is 419 g/mol. The van der Waals surface area contributed by atoms with Gasteiger partial charge in [-0.3, -0.25) is 9.69 Å². The Morgan fingerprint density at radius 1 is 0.962 bits per heavy atom. The van der Waals surface area contributed by atoms with Crippen molar-refractivity contribution in [2.24, 2.45) is 23.5 Å². The van der Waals surface area contributed by atoms with Crippen LogP contribution in [0.1, 0.15) is 38.5 Å². The molecule has 3 rings (SSSR count). The molecule has 26 heavy (non-hydrogen) atoms. The minimum atomic E-state index is -4.17. The Hall–Kier alpha value is -0.240. The van der Waals surface area contributed by atoms with Gasteiger partial charge in [0.05, 0.1) is 6.54 Å². The third-order valence-electron chi connectivity index (χ3n) is 6.07. The average molecular weight is 420 g/mol. The number of halogens is 5. The van der Waals surface area contributed by atoms with Gasteiger partial charge >= 0.3 is 6.18 Å². The molecule has 2 aliphatic carbocycles. The predicted molar refractivity (Wildman–Crippen MR) is 99.7 cm³/mol. The highest BCUT2D eigenvalue weighted by Gasteiger charge is 2.42. The Morgan fingerprint density at radius 2 is 1.58 bits per heavy atom. The van der Waals surface area contributed by atoms with E-state index < -0.39 is 12.7 Å². The summed E-state index contributed by atoms with van der Waals surface area (Å²) in [6.07, 6.45) is 1.59. The molecular weight excluding hydrogens is 390 g/mol. The lowest BCUT2D eigenvalue weighted by Gasteiger charge is -2.44. The smallest absolute Gasteiger partial charge is 0.341 e. The van der Waals surface area contributed by atoms with E-state index in [4.69, 9.17) is 5.73 Å². The van der Waals surface area contributed by atoms with E-state index in [1.165, 1.54) is 11.3 Å². The van der Waals surface area contributed by atoms with Crippen molar-refractivity contribution in [2.45, 2.75) is 50.7 Å². The van der Waals surface area contributed by atoms with Crippen molar-refractivity contribution in [2.75, 3.05) is 32.7 Å². The lowest BCUT2D eigenvalue weighted by atomic mass is 9.65. The van der Waals surface area contributed by atoms with Crippen LogP contribution >= 0.6 is 24.8 Å². The molecule has 0 radical (unpaired) electrons. The largest absolute Gasteiger partial charge is 0.401 e. The molecule has 0 aromatic heterocycles. The van der Waals surface area contributed by atoms with Gasteiger partial charge < -0.3 is 10.6 Å². The topological polar surface area (TPSA) is 49.6 Å². The van der Waals surface area contributed by atoms with Crippen LogP contribution in [0.2, 0.25) is 0 Å². The van der Waals surface area contributed by atoms with Crippen LogP contribution in [0.3, 0.4) is 0 Å². The molecular formula is C17H30Cl2F3N3O. The van der Waals surface area contributed by atoms with Gasteiger partial charge in [-0.25, -0.2) is 0 Å². The zero-order valence-corrected chi connectivity index (χ0v) is 16.6. The van der Waals surface area contributed by atoms with Gasteiger partial charge in [0.25, 0.3) is 0 Å². The Bertz CT molecular complexity index is 453. The van der Waals surface area contributed by atoms with Crippen molar-refractivity contribution < 1.29 is 18.0 Å². The van der Waals surface area contributed by atoms with E-state index in [1.807, 2.05) is 0 Å². The molecule has 1 aliphatic heterocycles. The summed E-state index contributed by atoms with van der Waals surface area (Å²) in [5, 5.41) is 0. The zero-order chi connectivity index (χ0) is 17.3. The highest BCUT2D eigenvalue weighted by Crippen LogP contribution is 2.42. The number of hydrogen-bond acceptors (Lipinski definition) is 3. The van der Waals surface area contributed by atoms with Crippen LogP contribution < -0.4 is 5.73 Å². The van der Waals surface area contributed by atoms with Crippen LogP contribution in [0.25, 0.3) is 0 Å². The van der Waals surface area contributed by atoms with E-state index in [-0.39, 0.29) is 42.7 Å². The number of carbonyl (C=O) groups is 1. The fourth-order valence-corrected chi connectivity index (χ4v) is 4.85. The third kappa shape index (κ3) is 5.88. The molecule has 4 nitrogen and oxygen atoms in total. The van der Waals surface area contributed by atoms with Crippen LogP contribution in [-0.4, -0.2) is 60.6 Å². The molecule has 2 saturated carbocycles. The maximum absolute atomic E-state index is 12.9. The van der Waals surface area contributed by atoms with Crippen LogP contribution in [0.4, 0.5) is 13.2 Å². The maximum atomic E-state index is 12.9. The SMILES string of the molecule is Cl.Cl.NC1C2CCCC1CC(C(=O)N1CCCN(CC(F)(F)F)CC1)C2. The lowest BCUT2D eigenvalue weighted by Crippen LogP contribution is -2.50. The maximum Gasteiger partial charge on any atom is 0.401 e. The van der Waals surface area contributed by atoms with Crippen LogP contribution in [0.15, 0.2) is 0 Å². The second-order valence-electron chi connectivity index (χ2n) is 7.77. The second-order valence-corrected chi connectivity index (χ2v) is 7.77. The van der Waals surface area contributed by atoms with Crippen LogP contribution in [0.5, 0.6) is 0 Å². The predicted octanol–water partition coefficient (Wildman–Crippen LogP) is 3.08. The highest BCUT2D eigenvalue weighted by atomic mass is 35.5. The van der Waals surface area contributed by atoms with Crippen molar-refractivity contribution in [3.8, 4) is 0 Å². The van der Waals surface area contributed by atoms with E-state index in [2.05, 4.69) is 0 Å². The molecule has 9 heteroatoms. The molecule has 1 saturated heterocycles. The van der Waals surface area contributed by atoms with Crippen LogP contribution in [-0.2, 0) is 4.79 Å². The summed E-state index contributed by atoms with van der Waals surface area (Å²) >= 11 is 0. The number of alkyl halides is 3. The lowest BCUT2D eigenvalue weighted by molar-refractivity contribution is -0.145. The van der Waals surface area contributed by atoms with E-state index in [1.54, 1.807) is 4.90 Å². The number of nitrogens with zero attached hydrogens (tertiary/aromatic N) is 2. The van der Waals surface area contributed by atoms with Crippen LogP contribution in [0, 0.1) is 17.8 Å².